The molecule has 0 radical (unpaired) electrons. The first kappa shape index (κ1) is 24.8. The molecule has 40 heavy (non-hydrogen) atoms. The molecule has 1 aliphatic rings. The van der Waals surface area contributed by atoms with Gasteiger partial charge in [-0.15, -0.1) is 0 Å². The Bertz CT molecular complexity index is 1860. The molecule has 0 N–H and O–H groups in total. The highest BCUT2D eigenvalue weighted by Crippen LogP contribution is 2.51. The van der Waals surface area contributed by atoms with E-state index in [0.29, 0.717) is 0 Å². The summed E-state index contributed by atoms with van der Waals surface area (Å²) in [6, 6.07) is 51.5. The zero-order chi connectivity index (χ0) is 27.1. The minimum Gasteiger partial charge on any atom is -0.309 e. The average molecular weight is 598 g/mol. The van der Waals surface area contributed by atoms with E-state index in [-0.39, 0.29) is 0 Å². The van der Waals surface area contributed by atoms with Crippen LogP contribution in [0.2, 0.25) is 0 Å². The summed E-state index contributed by atoms with van der Waals surface area (Å²) in [4.78, 5) is 2.31. The molecule has 1 aliphatic heterocycles. The second-order valence-electron chi connectivity index (χ2n) is 9.86. The van der Waals surface area contributed by atoms with Crippen molar-refractivity contribution in [1.29, 1.82) is 0 Å². The molecule has 1 heterocycles. The van der Waals surface area contributed by atoms with Crippen LogP contribution in [0.15, 0.2) is 156 Å². The normalized spacial score (nSPS) is 12.2. The van der Waals surface area contributed by atoms with Gasteiger partial charge in [0.1, 0.15) is 0 Å². The number of fused-ring (bicyclic) bond motifs is 5. The molecule has 6 aromatic rings. The van der Waals surface area contributed by atoms with E-state index in [1.165, 1.54) is 11.1 Å². The van der Waals surface area contributed by atoms with Gasteiger partial charge < -0.3 is 9.46 Å². The largest absolute Gasteiger partial charge is 0.309 e. The maximum absolute atomic E-state index is 15.2. The number of rotatable bonds is 4. The van der Waals surface area contributed by atoms with E-state index in [1.807, 2.05) is 72.8 Å². The Balaban J connectivity index is 1.50. The number of nitrogens with zero attached hydrogens (tertiary/aromatic N) is 1. The Labute approximate surface area is 243 Å². The summed E-state index contributed by atoms with van der Waals surface area (Å²) in [5.74, 6) is 0. The fraction of sp³-hybridized carbons (Fsp3) is 0. The highest BCUT2D eigenvalue weighted by molar-refractivity contribution is 9.10. The molecule has 0 amide bonds. The van der Waals surface area contributed by atoms with E-state index in [2.05, 4.69) is 99.7 Å². The number of benzene rings is 6. The maximum Gasteiger partial charge on any atom is 0.171 e. The second-order valence-corrected chi connectivity index (χ2v) is 13.5. The molecule has 0 saturated heterocycles. The SMILES string of the molecule is O=P(c1ccccc1)(c1ccccc1)c1cccc(N2c3ccccc3-c3ccccc3-c3cc(Br)ccc32)c1. The summed E-state index contributed by atoms with van der Waals surface area (Å²) < 4.78 is 16.2. The lowest BCUT2D eigenvalue weighted by Gasteiger charge is -2.29. The average Bonchev–Trinajstić information content (AvgIpc) is 3.14. The second kappa shape index (κ2) is 10.1. The van der Waals surface area contributed by atoms with Crippen LogP contribution in [0, 0.1) is 0 Å². The first-order chi connectivity index (χ1) is 19.6. The van der Waals surface area contributed by atoms with Crippen LogP contribution >= 0.6 is 23.1 Å². The Morgan fingerprint density at radius 3 is 1.65 bits per heavy atom. The van der Waals surface area contributed by atoms with Gasteiger partial charge in [0.15, 0.2) is 7.14 Å². The summed E-state index contributed by atoms with van der Waals surface area (Å²) in [6.45, 7) is 0. The van der Waals surface area contributed by atoms with Gasteiger partial charge in [-0.25, -0.2) is 0 Å². The lowest BCUT2D eigenvalue weighted by Crippen LogP contribution is -2.25. The van der Waals surface area contributed by atoms with Crippen LogP contribution in [0.25, 0.3) is 22.3 Å². The van der Waals surface area contributed by atoms with Crippen LogP contribution in [-0.4, -0.2) is 0 Å². The van der Waals surface area contributed by atoms with E-state index in [1.54, 1.807) is 0 Å². The number of para-hydroxylation sites is 1. The van der Waals surface area contributed by atoms with Gasteiger partial charge in [0.05, 0.1) is 11.4 Å². The van der Waals surface area contributed by atoms with E-state index in [0.717, 1.165) is 48.6 Å². The fourth-order valence-corrected chi connectivity index (χ4v) is 8.78. The minimum atomic E-state index is -3.13. The molecule has 2 nitrogen and oxygen atoms in total. The topological polar surface area (TPSA) is 20.3 Å². The Morgan fingerprint density at radius 1 is 0.450 bits per heavy atom. The van der Waals surface area contributed by atoms with Crippen molar-refractivity contribution in [2.45, 2.75) is 0 Å². The molecule has 0 atom stereocenters. The molecular formula is C36H25BrNOP. The third kappa shape index (κ3) is 4.05. The molecule has 0 aliphatic carbocycles. The number of anilines is 3. The standard InChI is InChI=1S/C36H25BrNOP/c37-26-22-23-36-34(24-26)32-19-8-7-18-31(32)33-20-9-10-21-35(33)38(36)27-12-11-17-30(25-27)40(39,28-13-3-1-4-14-28)29-15-5-2-6-16-29/h1-25H. The highest BCUT2D eigenvalue weighted by atomic mass is 79.9. The Morgan fingerprint density at radius 2 is 0.975 bits per heavy atom. The number of halogens is 1. The summed E-state index contributed by atoms with van der Waals surface area (Å²) >= 11 is 3.71. The van der Waals surface area contributed by atoms with Crippen LogP contribution in [0.3, 0.4) is 0 Å². The lowest BCUT2D eigenvalue weighted by molar-refractivity contribution is 0.592. The quantitative estimate of drug-likeness (QED) is 0.188. The van der Waals surface area contributed by atoms with Gasteiger partial charge in [0.25, 0.3) is 0 Å². The van der Waals surface area contributed by atoms with Crippen LogP contribution in [0.5, 0.6) is 0 Å². The molecule has 7 rings (SSSR count). The third-order valence-corrected chi connectivity index (χ3v) is 11.1. The zero-order valence-corrected chi connectivity index (χ0v) is 24.1. The molecule has 192 valence electrons. The zero-order valence-electron chi connectivity index (χ0n) is 21.6. The number of hydrogen-bond acceptors (Lipinski definition) is 2. The van der Waals surface area contributed by atoms with Crippen molar-refractivity contribution < 1.29 is 4.57 Å². The van der Waals surface area contributed by atoms with E-state index in [4.69, 9.17) is 0 Å². The van der Waals surface area contributed by atoms with Crippen molar-refractivity contribution in [3.8, 4) is 22.3 Å². The van der Waals surface area contributed by atoms with Gasteiger partial charge in [-0.05, 0) is 47.5 Å². The van der Waals surface area contributed by atoms with Crippen LogP contribution in [-0.2, 0) is 4.57 Å². The van der Waals surface area contributed by atoms with Crippen molar-refractivity contribution in [3.63, 3.8) is 0 Å². The van der Waals surface area contributed by atoms with Crippen molar-refractivity contribution in [2.24, 2.45) is 0 Å². The molecule has 6 aromatic carbocycles. The van der Waals surface area contributed by atoms with Gasteiger partial charge in [0, 0.05) is 37.2 Å². The summed E-state index contributed by atoms with van der Waals surface area (Å²) in [6.07, 6.45) is 0. The smallest absolute Gasteiger partial charge is 0.171 e. The molecule has 0 spiro atoms. The number of hydrogen-bond donors (Lipinski definition) is 0. The lowest BCUT2D eigenvalue weighted by atomic mass is 9.95. The minimum absolute atomic E-state index is 0.806. The Kier molecular flexibility index (Phi) is 6.27. The third-order valence-electron chi connectivity index (χ3n) is 7.54. The molecule has 0 unspecified atom stereocenters. The Hall–Kier alpha value is -4.17. The molecular weight excluding hydrogens is 573 g/mol. The van der Waals surface area contributed by atoms with Crippen LogP contribution in [0.1, 0.15) is 0 Å². The van der Waals surface area contributed by atoms with Crippen molar-refractivity contribution >= 4 is 56.0 Å². The summed E-state index contributed by atoms with van der Waals surface area (Å²) in [5, 5.41) is 2.46. The predicted octanol–water partition coefficient (Wildman–Crippen LogP) is 9.21. The molecule has 4 heteroatoms. The van der Waals surface area contributed by atoms with Crippen molar-refractivity contribution in [1.82, 2.24) is 0 Å². The van der Waals surface area contributed by atoms with Gasteiger partial charge in [-0.1, -0.05) is 131 Å². The molecule has 0 aromatic heterocycles. The molecule has 0 saturated carbocycles. The molecule has 0 bridgehead atoms. The molecule has 0 fully saturated rings. The van der Waals surface area contributed by atoms with Crippen molar-refractivity contribution in [3.05, 3.63) is 156 Å². The van der Waals surface area contributed by atoms with Gasteiger partial charge >= 0.3 is 0 Å². The predicted molar refractivity (Wildman–Crippen MR) is 173 cm³/mol. The monoisotopic (exact) mass is 597 g/mol. The van der Waals surface area contributed by atoms with Gasteiger partial charge in [0.2, 0.25) is 0 Å². The van der Waals surface area contributed by atoms with E-state index < -0.39 is 7.14 Å². The van der Waals surface area contributed by atoms with E-state index in [9.17, 15) is 0 Å². The first-order valence-electron chi connectivity index (χ1n) is 13.2. The summed E-state index contributed by atoms with van der Waals surface area (Å²) in [5.41, 5.74) is 7.80. The van der Waals surface area contributed by atoms with E-state index >= 15 is 4.57 Å². The van der Waals surface area contributed by atoms with Gasteiger partial charge in [-0.2, -0.15) is 0 Å². The fourth-order valence-electron chi connectivity index (χ4n) is 5.73. The van der Waals surface area contributed by atoms with Gasteiger partial charge in [-0.3, -0.25) is 0 Å². The van der Waals surface area contributed by atoms with Crippen LogP contribution < -0.4 is 20.8 Å². The van der Waals surface area contributed by atoms with Crippen molar-refractivity contribution in [2.75, 3.05) is 4.90 Å². The van der Waals surface area contributed by atoms with Crippen LogP contribution in [0.4, 0.5) is 17.1 Å². The summed E-state index contributed by atoms with van der Waals surface area (Å²) in [7, 11) is -3.13. The first-order valence-corrected chi connectivity index (χ1v) is 15.7. The highest BCUT2D eigenvalue weighted by Gasteiger charge is 2.31. The maximum atomic E-state index is 15.2.